The van der Waals surface area contributed by atoms with Gasteiger partial charge in [-0.1, -0.05) is 13.8 Å². The van der Waals surface area contributed by atoms with Crippen LogP contribution in [-0.4, -0.2) is 54.8 Å². The van der Waals surface area contributed by atoms with Gasteiger partial charge < -0.3 is 25.4 Å². The van der Waals surface area contributed by atoms with Crippen molar-refractivity contribution in [2.24, 2.45) is 5.92 Å². The molecule has 4 N–H and O–H groups in total. The number of hydrogen-bond donors (Lipinski definition) is 3. The Kier molecular flexibility index (Phi) is 4.44. The molecule has 2 aromatic heterocycles. The average molecular weight is 323 g/mol. The number of aliphatic hydroxyl groups excluding tert-OH is 2. The number of nitrogen functional groups attached to an aromatic ring is 1. The van der Waals surface area contributed by atoms with E-state index in [4.69, 9.17) is 15.2 Å². The molecule has 3 heterocycles. The summed E-state index contributed by atoms with van der Waals surface area (Å²) >= 11 is 0. The van der Waals surface area contributed by atoms with Gasteiger partial charge in [0, 0.05) is 5.92 Å². The highest BCUT2D eigenvalue weighted by molar-refractivity contribution is 5.81. The summed E-state index contributed by atoms with van der Waals surface area (Å²) in [6.45, 7) is 3.55. The number of hydrogen-bond acceptors (Lipinski definition) is 8. The highest BCUT2D eigenvalue weighted by Gasteiger charge is 2.44. The van der Waals surface area contributed by atoms with E-state index in [2.05, 4.69) is 15.0 Å². The van der Waals surface area contributed by atoms with Gasteiger partial charge in [0.2, 0.25) is 0 Å². The minimum Gasteiger partial charge on any atom is -0.394 e. The summed E-state index contributed by atoms with van der Waals surface area (Å²) in [4.78, 5) is 12.4. The Morgan fingerprint density at radius 2 is 2.22 bits per heavy atom. The van der Waals surface area contributed by atoms with E-state index in [0.717, 1.165) is 0 Å². The zero-order chi connectivity index (χ0) is 16.6. The molecule has 5 atom stereocenters. The van der Waals surface area contributed by atoms with Gasteiger partial charge in [-0.3, -0.25) is 4.57 Å². The number of rotatable bonds is 5. The van der Waals surface area contributed by atoms with Crippen LogP contribution in [0, 0.1) is 5.92 Å². The molecule has 0 aliphatic carbocycles. The van der Waals surface area contributed by atoms with E-state index in [1.165, 1.54) is 6.33 Å². The number of nitrogens with two attached hydrogens (primary N) is 1. The lowest BCUT2D eigenvalue weighted by molar-refractivity contribution is -0.162. The molecule has 0 radical (unpaired) electrons. The van der Waals surface area contributed by atoms with Gasteiger partial charge in [-0.2, -0.15) is 0 Å². The number of ether oxygens (including phenoxy) is 2. The van der Waals surface area contributed by atoms with Crippen LogP contribution < -0.4 is 5.73 Å². The number of fused-ring (bicyclic) bond motifs is 1. The van der Waals surface area contributed by atoms with Crippen LogP contribution in [0.3, 0.4) is 0 Å². The van der Waals surface area contributed by atoms with Crippen molar-refractivity contribution < 1.29 is 19.7 Å². The Hall–Kier alpha value is -1.81. The lowest BCUT2D eigenvalue weighted by Gasteiger charge is -2.23. The summed E-state index contributed by atoms with van der Waals surface area (Å²) in [6.07, 6.45) is 1.13. The van der Waals surface area contributed by atoms with Crippen molar-refractivity contribution in [1.82, 2.24) is 19.5 Å². The molecular formula is C14H21N5O4. The van der Waals surface area contributed by atoms with Gasteiger partial charge in [0.1, 0.15) is 24.2 Å². The molecular weight excluding hydrogens is 302 g/mol. The Morgan fingerprint density at radius 3 is 2.91 bits per heavy atom. The molecule has 9 heteroatoms. The molecule has 3 rings (SSSR count). The SMILES string of the molecule is CCC(O)O[C@H]1[C@H](C)[C@H](n2cnc3c(N)ncnc32)O[C@@H]1CO. The molecule has 0 bridgehead atoms. The third kappa shape index (κ3) is 2.76. The summed E-state index contributed by atoms with van der Waals surface area (Å²) in [5, 5.41) is 19.3. The molecule has 9 nitrogen and oxygen atoms in total. The number of aliphatic hydroxyl groups is 2. The van der Waals surface area contributed by atoms with Crippen LogP contribution in [-0.2, 0) is 9.47 Å². The minimum atomic E-state index is -0.892. The van der Waals surface area contributed by atoms with E-state index in [1.807, 2.05) is 13.8 Å². The second-order valence-electron chi connectivity index (χ2n) is 5.65. The van der Waals surface area contributed by atoms with Crippen LogP contribution in [0.25, 0.3) is 11.2 Å². The van der Waals surface area contributed by atoms with Crippen LogP contribution in [0.1, 0.15) is 26.5 Å². The van der Waals surface area contributed by atoms with Crippen LogP contribution >= 0.6 is 0 Å². The zero-order valence-corrected chi connectivity index (χ0v) is 13.0. The molecule has 0 aromatic carbocycles. The quantitative estimate of drug-likeness (QED) is 0.658. The Labute approximate surface area is 133 Å². The maximum atomic E-state index is 9.76. The second kappa shape index (κ2) is 6.36. The monoisotopic (exact) mass is 323 g/mol. The van der Waals surface area contributed by atoms with E-state index < -0.39 is 24.7 Å². The smallest absolute Gasteiger partial charge is 0.167 e. The van der Waals surface area contributed by atoms with Gasteiger partial charge >= 0.3 is 0 Å². The number of aromatic nitrogens is 4. The maximum absolute atomic E-state index is 9.76. The van der Waals surface area contributed by atoms with Gasteiger partial charge in [0.25, 0.3) is 0 Å². The van der Waals surface area contributed by atoms with Gasteiger partial charge in [0.05, 0.1) is 19.0 Å². The van der Waals surface area contributed by atoms with Gasteiger partial charge in [-0.25, -0.2) is 15.0 Å². The highest BCUT2D eigenvalue weighted by Crippen LogP contribution is 2.38. The second-order valence-corrected chi connectivity index (χ2v) is 5.65. The molecule has 1 aliphatic heterocycles. The van der Waals surface area contributed by atoms with E-state index in [0.29, 0.717) is 23.4 Å². The minimum absolute atomic E-state index is 0.123. The van der Waals surface area contributed by atoms with Crippen molar-refractivity contribution in [2.45, 2.75) is 45.0 Å². The van der Waals surface area contributed by atoms with Crippen molar-refractivity contribution in [3.05, 3.63) is 12.7 Å². The molecule has 1 fully saturated rings. The van der Waals surface area contributed by atoms with Gasteiger partial charge in [0.15, 0.2) is 17.8 Å². The van der Waals surface area contributed by atoms with Crippen molar-refractivity contribution in [3.8, 4) is 0 Å². The topological polar surface area (TPSA) is 129 Å². The number of imidazole rings is 1. The molecule has 1 unspecified atom stereocenters. The lowest BCUT2D eigenvalue weighted by atomic mass is 10.0. The number of anilines is 1. The van der Waals surface area contributed by atoms with Crippen molar-refractivity contribution in [3.63, 3.8) is 0 Å². The zero-order valence-electron chi connectivity index (χ0n) is 13.0. The first kappa shape index (κ1) is 16.1. The van der Waals surface area contributed by atoms with Crippen LogP contribution in [0.5, 0.6) is 0 Å². The van der Waals surface area contributed by atoms with Crippen LogP contribution in [0.4, 0.5) is 5.82 Å². The molecule has 1 aliphatic rings. The standard InChI is InChI=1S/C14H21N5O4/c1-3-9(21)23-11-7(2)14(22-8(11)4-20)19-6-18-10-12(15)16-5-17-13(10)19/h5-9,11,14,20-21H,3-4H2,1-2H3,(H2,15,16,17)/t7-,8+,9?,11-,14+/m0/s1. The predicted molar refractivity (Wildman–Crippen MR) is 81.1 cm³/mol. The summed E-state index contributed by atoms with van der Waals surface area (Å²) in [7, 11) is 0. The van der Waals surface area contributed by atoms with Crippen molar-refractivity contribution in [1.29, 1.82) is 0 Å². The summed E-state index contributed by atoms with van der Waals surface area (Å²) < 4.78 is 13.3. The van der Waals surface area contributed by atoms with E-state index in [9.17, 15) is 10.2 Å². The van der Waals surface area contributed by atoms with E-state index in [-0.39, 0.29) is 12.5 Å². The Balaban J connectivity index is 1.92. The highest BCUT2D eigenvalue weighted by atomic mass is 16.6. The summed E-state index contributed by atoms with van der Waals surface area (Å²) in [5.74, 6) is 0.175. The first-order valence-electron chi connectivity index (χ1n) is 7.59. The third-order valence-corrected chi connectivity index (χ3v) is 4.15. The fourth-order valence-electron chi connectivity index (χ4n) is 2.89. The Bertz CT molecular complexity index is 678. The van der Waals surface area contributed by atoms with E-state index in [1.54, 1.807) is 10.9 Å². The van der Waals surface area contributed by atoms with Crippen LogP contribution in [0.2, 0.25) is 0 Å². The summed E-state index contributed by atoms with van der Waals surface area (Å²) in [6, 6.07) is 0. The van der Waals surface area contributed by atoms with Crippen molar-refractivity contribution >= 4 is 17.0 Å². The fraction of sp³-hybridized carbons (Fsp3) is 0.643. The third-order valence-electron chi connectivity index (χ3n) is 4.15. The molecule has 0 amide bonds. The van der Waals surface area contributed by atoms with Crippen LogP contribution in [0.15, 0.2) is 12.7 Å². The molecule has 2 aromatic rings. The lowest BCUT2D eigenvalue weighted by Crippen LogP contribution is -2.35. The largest absolute Gasteiger partial charge is 0.394 e. The first-order chi connectivity index (χ1) is 11.1. The van der Waals surface area contributed by atoms with Crippen molar-refractivity contribution in [2.75, 3.05) is 12.3 Å². The average Bonchev–Trinajstić information content (AvgIpc) is 3.10. The molecule has 0 saturated carbocycles. The maximum Gasteiger partial charge on any atom is 0.167 e. The predicted octanol–water partition coefficient (Wildman–Crippen LogP) is 0.0479. The normalized spacial score (nSPS) is 29.2. The number of nitrogens with zero attached hydrogens (tertiary/aromatic N) is 4. The molecule has 0 spiro atoms. The summed E-state index contributed by atoms with van der Waals surface area (Å²) in [5.41, 5.74) is 6.86. The first-order valence-corrected chi connectivity index (χ1v) is 7.59. The Morgan fingerprint density at radius 1 is 1.43 bits per heavy atom. The fourth-order valence-corrected chi connectivity index (χ4v) is 2.89. The van der Waals surface area contributed by atoms with Gasteiger partial charge in [-0.15, -0.1) is 0 Å². The molecule has 1 saturated heterocycles. The van der Waals surface area contributed by atoms with E-state index >= 15 is 0 Å². The molecule has 23 heavy (non-hydrogen) atoms. The van der Waals surface area contributed by atoms with Gasteiger partial charge in [-0.05, 0) is 6.42 Å². The molecule has 126 valence electrons.